The van der Waals surface area contributed by atoms with Crippen LogP contribution in [0.25, 0.3) is 11.3 Å². The van der Waals surface area contributed by atoms with Crippen LogP contribution in [-0.4, -0.2) is 17.4 Å². The summed E-state index contributed by atoms with van der Waals surface area (Å²) in [5.41, 5.74) is 14.6. The first kappa shape index (κ1) is 14.0. The Labute approximate surface area is 118 Å². The van der Waals surface area contributed by atoms with Gasteiger partial charge in [-0.05, 0) is 30.8 Å². The lowest BCUT2D eigenvalue weighted by atomic mass is 10.1. The Kier molecular flexibility index (Phi) is 4.32. The van der Waals surface area contributed by atoms with Crippen molar-refractivity contribution in [3.05, 3.63) is 47.7 Å². The van der Waals surface area contributed by atoms with E-state index in [-0.39, 0.29) is 0 Å². The van der Waals surface area contributed by atoms with E-state index in [4.69, 9.17) is 11.5 Å². The number of nitrogens with one attached hydrogen (secondary N) is 1. The quantitative estimate of drug-likeness (QED) is 0.718. The Morgan fingerprint density at radius 2 is 1.90 bits per heavy atom. The number of carbonyl (C=O) groups excluding carboxylic acids is 1. The molecule has 1 aromatic heterocycles. The van der Waals surface area contributed by atoms with E-state index in [9.17, 15) is 4.79 Å². The van der Waals surface area contributed by atoms with Crippen molar-refractivity contribution >= 4 is 11.6 Å². The lowest BCUT2D eigenvalue weighted by Gasteiger charge is -2.09. The van der Waals surface area contributed by atoms with Crippen LogP contribution in [-0.2, 0) is 6.54 Å². The number of aromatic nitrogens is 1. The number of nitrogens with two attached hydrogens (primary N) is 2. The van der Waals surface area contributed by atoms with Crippen molar-refractivity contribution in [2.24, 2.45) is 5.73 Å². The molecule has 0 saturated heterocycles. The summed E-state index contributed by atoms with van der Waals surface area (Å²) in [5, 5.41) is 3.16. The monoisotopic (exact) mass is 270 g/mol. The fourth-order valence-corrected chi connectivity index (χ4v) is 1.92. The third-order valence-corrected chi connectivity index (χ3v) is 2.99. The second-order valence-corrected chi connectivity index (χ2v) is 4.46. The Balaban J connectivity index is 2.40. The zero-order valence-electron chi connectivity index (χ0n) is 11.4. The molecule has 0 fully saturated rings. The minimum atomic E-state index is -0.464. The topological polar surface area (TPSA) is 94.0 Å². The number of nitrogen functional groups attached to an aromatic ring is 1. The summed E-state index contributed by atoms with van der Waals surface area (Å²) in [4.78, 5) is 15.9. The van der Waals surface area contributed by atoms with Gasteiger partial charge in [0.15, 0.2) is 0 Å². The molecule has 0 saturated carbocycles. The number of carbonyl (C=O) groups is 1. The lowest BCUT2D eigenvalue weighted by molar-refractivity contribution is 0.0999. The van der Waals surface area contributed by atoms with Crippen molar-refractivity contribution in [3.63, 3.8) is 0 Å². The summed E-state index contributed by atoms with van der Waals surface area (Å²) < 4.78 is 0. The lowest BCUT2D eigenvalue weighted by Crippen LogP contribution is -2.20. The number of rotatable bonds is 5. The van der Waals surface area contributed by atoms with Gasteiger partial charge in [0, 0.05) is 17.8 Å². The smallest absolute Gasteiger partial charge is 0.250 e. The highest BCUT2D eigenvalue weighted by molar-refractivity contribution is 5.94. The van der Waals surface area contributed by atoms with E-state index in [2.05, 4.69) is 10.3 Å². The summed E-state index contributed by atoms with van der Waals surface area (Å²) in [5.74, 6) is -0.464. The van der Waals surface area contributed by atoms with Crippen molar-refractivity contribution in [1.82, 2.24) is 10.3 Å². The molecule has 2 rings (SSSR count). The predicted molar refractivity (Wildman–Crippen MR) is 80.0 cm³/mol. The second kappa shape index (κ2) is 6.16. The zero-order valence-corrected chi connectivity index (χ0v) is 11.4. The van der Waals surface area contributed by atoms with Crippen LogP contribution >= 0.6 is 0 Å². The fraction of sp³-hybridized carbons (Fsp3) is 0.200. The first-order chi connectivity index (χ1) is 9.61. The molecule has 0 unspecified atom stereocenters. The fourth-order valence-electron chi connectivity index (χ4n) is 1.92. The minimum absolute atomic E-state index is 0.449. The number of hydrogen-bond donors (Lipinski definition) is 3. The summed E-state index contributed by atoms with van der Waals surface area (Å²) >= 11 is 0. The molecular formula is C15H18N4O. The van der Waals surface area contributed by atoms with E-state index >= 15 is 0 Å². The van der Waals surface area contributed by atoms with E-state index in [1.165, 1.54) is 0 Å². The third kappa shape index (κ3) is 3.13. The maximum atomic E-state index is 11.4. The molecule has 0 bridgehead atoms. The molecule has 0 aliphatic heterocycles. The summed E-state index contributed by atoms with van der Waals surface area (Å²) in [6.07, 6.45) is 0. The molecule has 0 atom stereocenters. The Morgan fingerprint density at radius 1 is 1.20 bits per heavy atom. The van der Waals surface area contributed by atoms with Crippen molar-refractivity contribution in [1.29, 1.82) is 0 Å². The minimum Gasteiger partial charge on any atom is -0.399 e. The predicted octanol–water partition coefficient (Wildman–Crippen LogP) is 1.54. The number of benzene rings is 1. The van der Waals surface area contributed by atoms with E-state index in [0.717, 1.165) is 17.8 Å². The van der Waals surface area contributed by atoms with Crippen LogP contribution in [0.4, 0.5) is 5.69 Å². The summed E-state index contributed by atoms with van der Waals surface area (Å²) in [6, 6.07) is 11.0. The summed E-state index contributed by atoms with van der Waals surface area (Å²) in [7, 11) is 0. The van der Waals surface area contributed by atoms with Gasteiger partial charge in [-0.2, -0.15) is 0 Å². The molecule has 0 spiro atoms. The van der Waals surface area contributed by atoms with Crippen molar-refractivity contribution in [3.8, 4) is 11.3 Å². The van der Waals surface area contributed by atoms with Crippen LogP contribution in [0, 0.1) is 0 Å². The van der Waals surface area contributed by atoms with Crippen LogP contribution in [0.2, 0.25) is 0 Å². The highest BCUT2D eigenvalue weighted by Gasteiger charge is 2.11. The molecule has 1 aromatic carbocycles. The largest absolute Gasteiger partial charge is 0.399 e. The van der Waals surface area contributed by atoms with Crippen LogP contribution in [0.15, 0.2) is 36.4 Å². The second-order valence-electron chi connectivity index (χ2n) is 4.46. The zero-order chi connectivity index (χ0) is 14.5. The number of primary amides is 1. The van der Waals surface area contributed by atoms with Crippen LogP contribution in [0.3, 0.4) is 0 Å². The molecule has 104 valence electrons. The Hall–Kier alpha value is -2.40. The first-order valence-corrected chi connectivity index (χ1v) is 6.48. The van der Waals surface area contributed by atoms with Crippen LogP contribution < -0.4 is 16.8 Å². The molecule has 1 amide bonds. The number of anilines is 1. The maximum Gasteiger partial charge on any atom is 0.250 e. The highest BCUT2D eigenvalue weighted by Crippen LogP contribution is 2.20. The first-order valence-electron chi connectivity index (χ1n) is 6.48. The van der Waals surface area contributed by atoms with E-state index in [1.807, 2.05) is 31.2 Å². The van der Waals surface area contributed by atoms with Gasteiger partial charge in [-0.25, -0.2) is 0 Å². The highest BCUT2D eigenvalue weighted by atomic mass is 16.1. The number of hydrogen-bond acceptors (Lipinski definition) is 4. The average Bonchev–Trinajstić information content (AvgIpc) is 2.45. The van der Waals surface area contributed by atoms with Gasteiger partial charge >= 0.3 is 0 Å². The molecule has 0 radical (unpaired) electrons. The normalized spacial score (nSPS) is 10.4. The van der Waals surface area contributed by atoms with E-state index in [1.54, 1.807) is 12.1 Å². The molecular weight excluding hydrogens is 252 g/mol. The van der Waals surface area contributed by atoms with Crippen molar-refractivity contribution in [2.75, 3.05) is 12.3 Å². The number of amides is 1. The molecule has 0 aliphatic carbocycles. The van der Waals surface area contributed by atoms with Gasteiger partial charge in [0.1, 0.15) is 0 Å². The maximum absolute atomic E-state index is 11.4. The average molecular weight is 270 g/mol. The molecule has 20 heavy (non-hydrogen) atoms. The van der Waals surface area contributed by atoms with Gasteiger partial charge in [0.2, 0.25) is 0 Å². The van der Waals surface area contributed by atoms with Gasteiger partial charge in [-0.15, -0.1) is 0 Å². The molecule has 2 aromatic rings. The molecule has 5 nitrogen and oxygen atoms in total. The molecule has 1 heterocycles. The van der Waals surface area contributed by atoms with Crippen LogP contribution in [0.5, 0.6) is 0 Å². The Bertz CT molecular complexity index is 608. The molecule has 5 N–H and O–H groups in total. The molecule has 5 heteroatoms. The van der Waals surface area contributed by atoms with Gasteiger partial charge in [0.05, 0.1) is 17.0 Å². The standard InChI is InChI=1S/C15H18N4O/c1-2-18-9-14-12(15(17)20)7-8-13(19-14)10-3-5-11(16)6-4-10/h3-8,18H,2,9,16H2,1H3,(H2,17,20). The van der Waals surface area contributed by atoms with Crippen molar-refractivity contribution < 1.29 is 4.79 Å². The molecule has 0 aliphatic rings. The van der Waals surface area contributed by atoms with Gasteiger partial charge in [0.25, 0.3) is 5.91 Å². The number of nitrogens with zero attached hydrogens (tertiary/aromatic N) is 1. The summed E-state index contributed by atoms with van der Waals surface area (Å²) in [6.45, 7) is 3.30. The van der Waals surface area contributed by atoms with Gasteiger partial charge < -0.3 is 16.8 Å². The van der Waals surface area contributed by atoms with Crippen LogP contribution in [0.1, 0.15) is 23.0 Å². The van der Waals surface area contributed by atoms with E-state index < -0.39 is 5.91 Å². The Morgan fingerprint density at radius 3 is 2.50 bits per heavy atom. The SMILES string of the molecule is CCNCc1nc(-c2ccc(N)cc2)ccc1C(N)=O. The van der Waals surface area contributed by atoms with Gasteiger partial charge in [-0.1, -0.05) is 19.1 Å². The van der Waals surface area contributed by atoms with Crippen molar-refractivity contribution in [2.45, 2.75) is 13.5 Å². The third-order valence-electron chi connectivity index (χ3n) is 2.99. The van der Waals surface area contributed by atoms with Gasteiger partial charge in [-0.3, -0.25) is 9.78 Å². The number of pyridine rings is 1. The van der Waals surface area contributed by atoms with E-state index in [0.29, 0.717) is 23.5 Å².